The topological polar surface area (TPSA) is 138 Å². The summed E-state index contributed by atoms with van der Waals surface area (Å²) in [4.78, 5) is 41.4. The molecule has 1 aromatic heterocycles. The number of rotatable bonds is 26. The average molecular weight is 662 g/mol. The molecule has 262 valence electrons. The SMILES string of the molecule is CCC=CCC=CCC=CCC=CCC=CCC=CCCC(=O)NCCCC(NC(=O)CC=Cc1cccnc1)C(=O)OC(CO)CO. The van der Waals surface area contributed by atoms with Crippen LogP contribution in [0.15, 0.2) is 104 Å². The zero-order chi connectivity index (χ0) is 34.9. The fraction of sp³-hybridized carbons (Fsp3) is 0.436. The van der Waals surface area contributed by atoms with Crippen molar-refractivity contribution in [1.29, 1.82) is 0 Å². The van der Waals surface area contributed by atoms with Crippen LogP contribution in [0.4, 0.5) is 0 Å². The van der Waals surface area contributed by atoms with E-state index in [0.717, 1.165) is 44.1 Å². The molecule has 0 aliphatic carbocycles. The molecular formula is C39H55N3O6. The largest absolute Gasteiger partial charge is 0.456 e. The van der Waals surface area contributed by atoms with Crippen LogP contribution in [0.5, 0.6) is 0 Å². The van der Waals surface area contributed by atoms with Gasteiger partial charge in [0.1, 0.15) is 12.1 Å². The van der Waals surface area contributed by atoms with Gasteiger partial charge in [-0.25, -0.2) is 4.79 Å². The molecule has 0 saturated carbocycles. The quantitative estimate of drug-likeness (QED) is 0.0524. The number of nitrogens with zero attached hydrogens (tertiary/aromatic N) is 1. The number of pyridine rings is 1. The summed E-state index contributed by atoms with van der Waals surface area (Å²) in [5, 5.41) is 24.0. The van der Waals surface area contributed by atoms with E-state index in [1.165, 1.54) is 0 Å². The van der Waals surface area contributed by atoms with Crippen molar-refractivity contribution in [2.75, 3.05) is 19.8 Å². The van der Waals surface area contributed by atoms with E-state index in [-0.39, 0.29) is 24.7 Å². The summed E-state index contributed by atoms with van der Waals surface area (Å²) < 4.78 is 5.12. The van der Waals surface area contributed by atoms with Crippen LogP contribution in [0.3, 0.4) is 0 Å². The molecule has 9 nitrogen and oxygen atoms in total. The van der Waals surface area contributed by atoms with Gasteiger partial charge in [-0.15, -0.1) is 0 Å². The van der Waals surface area contributed by atoms with Gasteiger partial charge >= 0.3 is 5.97 Å². The van der Waals surface area contributed by atoms with Gasteiger partial charge in [0.25, 0.3) is 0 Å². The Bertz CT molecular complexity index is 1210. The van der Waals surface area contributed by atoms with Crippen molar-refractivity contribution in [2.24, 2.45) is 0 Å². The van der Waals surface area contributed by atoms with Gasteiger partial charge in [-0.05, 0) is 69.4 Å². The molecule has 9 heteroatoms. The van der Waals surface area contributed by atoms with E-state index in [2.05, 4.69) is 83.3 Å². The van der Waals surface area contributed by atoms with E-state index >= 15 is 0 Å². The number of aliphatic hydroxyl groups excluding tert-OH is 2. The summed E-state index contributed by atoms with van der Waals surface area (Å²) in [6, 6.07) is 2.65. The Morgan fingerprint density at radius 1 is 0.812 bits per heavy atom. The lowest BCUT2D eigenvalue weighted by Crippen LogP contribution is -2.44. The molecule has 0 fully saturated rings. The minimum absolute atomic E-state index is 0.0352. The molecule has 0 saturated heterocycles. The summed E-state index contributed by atoms with van der Waals surface area (Å²) in [5.41, 5.74) is 0.839. The second kappa shape index (κ2) is 30.0. The highest BCUT2D eigenvalue weighted by atomic mass is 16.6. The van der Waals surface area contributed by atoms with E-state index in [9.17, 15) is 24.6 Å². The van der Waals surface area contributed by atoms with Crippen LogP contribution in [-0.4, -0.2) is 64.9 Å². The Labute approximate surface area is 287 Å². The number of esters is 1. The number of carbonyl (C=O) groups excluding carboxylic acids is 3. The van der Waals surface area contributed by atoms with Crippen LogP contribution < -0.4 is 10.6 Å². The van der Waals surface area contributed by atoms with E-state index in [0.29, 0.717) is 25.8 Å². The van der Waals surface area contributed by atoms with Gasteiger partial charge in [-0.2, -0.15) is 0 Å². The Kier molecular flexibility index (Phi) is 26.1. The molecule has 1 aromatic rings. The summed E-state index contributed by atoms with van der Waals surface area (Å²) in [6.07, 6.45) is 38.7. The third-order valence-corrected chi connectivity index (χ3v) is 6.73. The molecular weight excluding hydrogens is 606 g/mol. The molecule has 0 radical (unpaired) electrons. The van der Waals surface area contributed by atoms with Crippen LogP contribution >= 0.6 is 0 Å². The lowest BCUT2D eigenvalue weighted by atomic mass is 10.1. The van der Waals surface area contributed by atoms with Gasteiger partial charge < -0.3 is 25.6 Å². The molecule has 48 heavy (non-hydrogen) atoms. The molecule has 0 aliphatic heterocycles. The molecule has 1 rings (SSSR count). The standard InChI is InChI=1S/C39H55N3O6/c1-2-3-4-5-6-7-8-9-10-11-12-13-14-15-16-17-18-19-20-27-37(45)41-30-23-26-36(39(47)48-35(32-43)33-44)42-38(46)28-21-24-34-25-22-29-40-31-34/h3-4,6-7,9-10,12-13,15-16,18-19,21-22,24-25,29,31,35-36,43-44H,2,5,8,11,14,17,20,23,26-28,30,32-33H2,1H3,(H,41,45)(H,42,46). The molecule has 0 aromatic carbocycles. The van der Waals surface area contributed by atoms with Crippen molar-refractivity contribution in [1.82, 2.24) is 15.6 Å². The number of carbonyl (C=O) groups is 3. The molecule has 1 heterocycles. The second-order valence-corrected chi connectivity index (χ2v) is 10.9. The number of ether oxygens (including phenoxy) is 1. The van der Waals surface area contributed by atoms with Gasteiger partial charge in [0.05, 0.1) is 13.2 Å². The van der Waals surface area contributed by atoms with E-state index in [4.69, 9.17) is 4.74 Å². The number of hydrogen-bond donors (Lipinski definition) is 4. The van der Waals surface area contributed by atoms with Gasteiger partial charge in [-0.1, -0.05) is 98.1 Å². The van der Waals surface area contributed by atoms with Crippen molar-refractivity contribution in [3.8, 4) is 0 Å². The fourth-order valence-corrected chi connectivity index (χ4v) is 4.13. The number of aromatic nitrogens is 1. The lowest BCUT2D eigenvalue weighted by Gasteiger charge is -2.20. The first kappa shape index (κ1) is 41.7. The monoisotopic (exact) mass is 661 g/mol. The lowest BCUT2D eigenvalue weighted by molar-refractivity contribution is -0.157. The minimum atomic E-state index is -1.07. The van der Waals surface area contributed by atoms with Crippen LogP contribution in [0.2, 0.25) is 0 Å². The van der Waals surface area contributed by atoms with Gasteiger partial charge in [-0.3, -0.25) is 14.6 Å². The molecule has 0 spiro atoms. The molecule has 1 unspecified atom stereocenters. The van der Waals surface area contributed by atoms with Crippen molar-refractivity contribution in [2.45, 2.75) is 89.7 Å². The number of nitrogens with one attached hydrogen (secondary N) is 2. The number of aliphatic hydroxyl groups is 2. The third-order valence-electron chi connectivity index (χ3n) is 6.73. The highest BCUT2D eigenvalue weighted by Gasteiger charge is 2.24. The Morgan fingerprint density at radius 2 is 1.40 bits per heavy atom. The van der Waals surface area contributed by atoms with Crippen molar-refractivity contribution in [3.63, 3.8) is 0 Å². The van der Waals surface area contributed by atoms with Crippen LogP contribution in [0.1, 0.15) is 83.1 Å². The van der Waals surface area contributed by atoms with Crippen molar-refractivity contribution < 1.29 is 29.3 Å². The summed E-state index contributed by atoms with van der Waals surface area (Å²) >= 11 is 0. The first-order valence-corrected chi connectivity index (χ1v) is 16.9. The maximum Gasteiger partial charge on any atom is 0.329 e. The van der Waals surface area contributed by atoms with Gasteiger partial charge in [0, 0.05) is 31.8 Å². The normalized spacial score (nSPS) is 13.0. The van der Waals surface area contributed by atoms with Crippen molar-refractivity contribution in [3.05, 3.63) is 109 Å². The number of hydrogen-bond acceptors (Lipinski definition) is 7. The second-order valence-electron chi connectivity index (χ2n) is 10.9. The first-order valence-electron chi connectivity index (χ1n) is 16.9. The maximum absolute atomic E-state index is 12.6. The van der Waals surface area contributed by atoms with E-state index in [1.54, 1.807) is 30.6 Å². The third kappa shape index (κ3) is 23.9. The van der Waals surface area contributed by atoms with E-state index < -0.39 is 31.3 Å². The maximum atomic E-state index is 12.6. The Balaban J connectivity index is 2.27. The minimum Gasteiger partial charge on any atom is -0.456 e. The summed E-state index contributed by atoms with van der Waals surface area (Å²) in [5.74, 6) is -1.24. The molecule has 2 amide bonds. The summed E-state index contributed by atoms with van der Waals surface area (Å²) in [6.45, 7) is 1.39. The highest BCUT2D eigenvalue weighted by Crippen LogP contribution is 2.06. The first-order chi connectivity index (χ1) is 23.5. The smallest absolute Gasteiger partial charge is 0.329 e. The van der Waals surface area contributed by atoms with Gasteiger partial charge in [0.2, 0.25) is 11.8 Å². The van der Waals surface area contributed by atoms with Crippen LogP contribution in [0.25, 0.3) is 6.08 Å². The molecule has 1 atom stereocenters. The zero-order valence-electron chi connectivity index (χ0n) is 28.4. The fourth-order valence-electron chi connectivity index (χ4n) is 4.13. The number of allylic oxidation sites excluding steroid dienone is 12. The van der Waals surface area contributed by atoms with Crippen LogP contribution in [-0.2, 0) is 19.1 Å². The van der Waals surface area contributed by atoms with E-state index in [1.807, 2.05) is 18.2 Å². The molecule has 0 bridgehead atoms. The zero-order valence-corrected chi connectivity index (χ0v) is 28.4. The predicted molar refractivity (Wildman–Crippen MR) is 194 cm³/mol. The molecule has 4 N–H and O–H groups in total. The van der Waals surface area contributed by atoms with Gasteiger partial charge in [0.15, 0.2) is 0 Å². The van der Waals surface area contributed by atoms with Crippen molar-refractivity contribution >= 4 is 23.9 Å². The molecule has 0 aliphatic rings. The number of amides is 2. The Morgan fingerprint density at radius 3 is 1.94 bits per heavy atom. The average Bonchev–Trinajstić information content (AvgIpc) is 3.09. The summed E-state index contributed by atoms with van der Waals surface area (Å²) in [7, 11) is 0. The van der Waals surface area contributed by atoms with Crippen LogP contribution in [0, 0.1) is 0 Å². The Hall–Kier alpha value is -4.34. The highest BCUT2D eigenvalue weighted by molar-refractivity contribution is 5.85. The predicted octanol–water partition coefficient (Wildman–Crippen LogP) is 6.24.